The zero-order valence-corrected chi connectivity index (χ0v) is 12.0. The van der Waals surface area contributed by atoms with Gasteiger partial charge in [-0.15, -0.1) is 0 Å². The number of hydrogen-bond acceptors (Lipinski definition) is 2. The molecule has 0 fully saturated rings. The van der Waals surface area contributed by atoms with Gasteiger partial charge in [0.25, 0.3) is 0 Å². The van der Waals surface area contributed by atoms with Gasteiger partial charge < -0.3 is 4.74 Å². The van der Waals surface area contributed by atoms with Gasteiger partial charge in [0.05, 0.1) is 18.3 Å². The molecular formula is C18H17NO. The van der Waals surface area contributed by atoms with E-state index in [0.29, 0.717) is 0 Å². The van der Waals surface area contributed by atoms with Crippen LogP contribution < -0.4 is 4.74 Å². The highest BCUT2D eigenvalue weighted by Gasteiger charge is 2.04. The lowest BCUT2D eigenvalue weighted by Gasteiger charge is -2.07. The Morgan fingerprint density at radius 2 is 1.70 bits per heavy atom. The zero-order valence-electron chi connectivity index (χ0n) is 12.0. The lowest BCUT2D eigenvalue weighted by Crippen LogP contribution is -1.89. The minimum absolute atomic E-state index is 0.859. The summed E-state index contributed by atoms with van der Waals surface area (Å²) in [5.41, 5.74) is 5.75. The molecule has 0 radical (unpaired) electrons. The van der Waals surface area contributed by atoms with Crippen molar-refractivity contribution in [2.45, 2.75) is 13.8 Å². The number of methoxy groups -OCH3 is 1. The van der Waals surface area contributed by atoms with Gasteiger partial charge in [-0.05, 0) is 55.3 Å². The van der Waals surface area contributed by atoms with Gasteiger partial charge in [0.1, 0.15) is 5.75 Å². The average Bonchev–Trinajstić information content (AvgIpc) is 2.49. The second-order valence-corrected chi connectivity index (χ2v) is 5.05. The van der Waals surface area contributed by atoms with Gasteiger partial charge in [0.2, 0.25) is 0 Å². The van der Waals surface area contributed by atoms with Crippen LogP contribution in [0.2, 0.25) is 0 Å². The third-order valence-electron chi connectivity index (χ3n) is 3.70. The SMILES string of the molecule is COc1ccc2nc(-c3ccc(C)c(C)c3)ccc2c1. The van der Waals surface area contributed by atoms with Crippen LogP contribution in [0, 0.1) is 13.8 Å². The summed E-state index contributed by atoms with van der Waals surface area (Å²) in [5, 5.41) is 1.09. The summed E-state index contributed by atoms with van der Waals surface area (Å²) in [4.78, 5) is 4.74. The minimum Gasteiger partial charge on any atom is -0.497 e. The molecule has 20 heavy (non-hydrogen) atoms. The first-order valence-corrected chi connectivity index (χ1v) is 6.70. The van der Waals surface area contributed by atoms with Crippen molar-refractivity contribution in [2.75, 3.05) is 7.11 Å². The molecule has 1 aromatic heterocycles. The molecule has 3 aromatic rings. The topological polar surface area (TPSA) is 22.1 Å². The van der Waals surface area contributed by atoms with Gasteiger partial charge in [-0.2, -0.15) is 0 Å². The van der Waals surface area contributed by atoms with Crippen molar-refractivity contribution in [1.29, 1.82) is 0 Å². The third kappa shape index (κ3) is 2.25. The van der Waals surface area contributed by atoms with Crippen LogP contribution in [0.5, 0.6) is 5.75 Å². The summed E-state index contributed by atoms with van der Waals surface area (Å²) in [6.45, 7) is 4.25. The Hall–Kier alpha value is -2.35. The second kappa shape index (κ2) is 4.97. The predicted octanol–water partition coefficient (Wildman–Crippen LogP) is 4.53. The maximum absolute atomic E-state index is 5.24. The molecule has 0 spiro atoms. The highest BCUT2D eigenvalue weighted by molar-refractivity contribution is 5.83. The Balaban J connectivity index is 2.10. The van der Waals surface area contributed by atoms with Crippen LogP contribution in [0.1, 0.15) is 11.1 Å². The van der Waals surface area contributed by atoms with E-state index in [1.54, 1.807) is 7.11 Å². The van der Waals surface area contributed by atoms with Crippen LogP contribution in [-0.2, 0) is 0 Å². The number of fused-ring (bicyclic) bond motifs is 1. The van der Waals surface area contributed by atoms with Gasteiger partial charge in [-0.3, -0.25) is 0 Å². The first-order valence-electron chi connectivity index (χ1n) is 6.70. The smallest absolute Gasteiger partial charge is 0.119 e. The fourth-order valence-corrected chi connectivity index (χ4v) is 2.29. The number of aromatic nitrogens is 1. The van der Waals surface area contributed by atoms with E-state index in [4.69, 9.17) is 9.72 Å². The van der Waals surface area contributed by atoms with Crippen molar-refractivity contribution in [3.8, 4) is 17.0 Å². The van der Waals surface area contributed by atoms with Gasteiger partial charge in [0.15, 0.2) is 0 Å². The summed E-state index contributed by atoms with van der Waals surface area (Å²) in [7, 11) is 1.68. The van der Waals surface area contributed by atoms with Crippen LogP contribution >= 0.6 is 0 Å². The first-order chi connectivity index (χ1) is 9.67. The molecule has 0 N–H and O–H groups in total. The number of pyridine rings is 1. The standard InChI is InChI=1S/C18H17NO/c1-12-4-5-14(10-13(12)2)17-8-6-15-11-16(20-3)7-9-18(15)19-17/h4-11H,1-3H3. The Morgan fingerprint density at radius 1 is 0.850 bits per heavy atom. The fraction of sp³-hybridized carbons (Fsp3) is 0.167. The molecule has 3 rings (SSSR count). The molecule has 0 atom stereocenters. The minimum atomic E-state index is 0.859. The molecule has 2 aromatic carbocycles. The molecule has 0 aliphatic heterocycles. The molecule has 0 aliphatic rings. The van der Waals surface area contributed by atoms with Gasteiger partial charge in [-0.1, -0.05) is 18.2 Å². The second-order valence-electron chi connectivity index (χ2n) is 5.05. The van der Waals surface area contributed by atoms with Crippen molar-refractivity contribution in [2.24, 2.45) is 0 Å². The monoisotopic (exact) mass is 263 g/mol. The van der Waals surface area contributed by atoms with E-state index in [1.165, 1.54) is 11.1 Å². The van der Waals surface area contributed by atoms with Crippen molar-refractivity contribution in [3.63, 3.8) is 0 Å². The van der Waals surface area contributed by atoms with Crippen LogP contribution in [0.25, 0.3) is 22.2 Å². The fourth-order valence-electron chi connectivity index (χ4n) is 2.29. The van der Waals surface area contributed by atoms with E-state index in [1.807, 2.05) is 18.2 Å². The average molecular weight is 263 g/mol. The van der Waals surface area contributed by atoms with Crippen molar-refractivity contribution < 1.29 is 4.74 Å². The van der Waals surface area contributed by atoms with E-state index in [-0.39, 0.29) is 0 Å². The Morgan fingerprint density at radius 3 is 2.45 bits per heavy atom. The highest BCUT2D eigenvalue weighted by atomic mass is 16.5. The van der Waals surface area contributed by atoms with Crippen LogP contribution in [0.3, 0.4) is 0 Å². The maximum atomic E-state index is 5.24. The van der Waals surface area contributed by atoms with Gasteiger partial charge >= 0.3 is 0 Å². The number of rotatable bonds is 2. The van der Waals surface area contributed by atoms with E-state index in [2.05, 4.69) is 44.2 Å². The molecule has 1 heterocycles. The molecule has 2 heteroatoms. The summed E-state index contributed by atoms with van der Waals surface area (Å²) in [5.74, 6) is 0.859. The molecule has 100 valence electrons. The van der Waals surface area contributed by atoms with Crippen molar-refractivity contribution in [1.82, 2.24) is 4.98 Å². The molecule has 0 saturated heterocycles. The first kappa shape index (κ1) is 12.7. The Labute approximate surface area is 119 Å². The molecule has 0 saturated carbocycles. The van der Waals surface area contributed by atoms with Gasteiger partial charge in [0, 0.05) is 10.9 Å². The predicted molar refractivity (Wildman–Crippen MR) is 83.2 cm³/mol. The van der Waals surface area contributed by atoms with Crippen molar-refractivity contribution >= 4 is 10.9 Å². The van der Waals surface area contributed by atoms with E-state index in [0.717, 1.165) is 27.9 Å². The number of hydrogen-bond donors (Lipinski definition) is 0. The number of ether oxygens (including phenoxy) is 1. The van der Waals surface area contributed by atoms with Crippen LogP contribution in [0.4, 0.5) is 0 Å². The molecule has 0 bridgehead atoms. The van der Waals surface area contributed by atoms with E-state index in [9.17, 15) is 0 Å². The van der Waals surface area contributed by atoms with Crippen LogP contribution in [0.15, 0.2) is 48.5 Å². The maximum Gasteiger partial charge on any atom is 0.119 e. The quantitative estimate of drug-likeness (QED) is 0.677. The number of benzene rings is 2. The third-order valence-corrected chi connectivity index (χ3v) is 3.70. The highest BCUT2D eigenvalue weighted by Crippen LogP contribution is 2.25. The van der Waals surface area contributed by atoms with Gasteiger partial charge in [-0.25, -0.2) is 4.98 Å². The zero-order chi connectivity index (χ0) is 14.1. The molecule has 2 nitrogen and oxygen atoms in total. The van der Waals surface area contributed by atoms with Crippen LogP contribution in [-0.4, -0.2) is 12.1 Å². The van der Waals surface area contributed by atoms with E-state index >= 15 is 0 Å². The largest absolute Gasteiger partial charge is 0.497 e. The lowest BCUT2D eigenvalue weighted by molar-refractivity contribution is 0.415. The Kier molecular flexibility index (Phi) is 3.15. The molecule has 0 aliphatic carbocycles. The molecule has 0 unspecified atom stereocenters. The lowest BCUT2D eigenvalue weighted by atomic mass is 10.0. The van der Waals surface area contributed by atoms with E-state index < -0.39 is 0 Å². The Bertz CT molecular complexity index is 777. The molecular weight excluding hydrogens is 246 g/mol. The number of nitrogens with zero attached hydrogens (tertiary/aromatic N) is 1. The number of aryl methyl sites for hydroxylation is 2. The summed E-state index contributed by atoms with van der Waals surface area (Å²) >= 11 is 0. The summed E-state index contributed by atoms with van der Waals surface area (Å²) in [6.07, 6.45) is 0. The molecule has 0 amide bonds. The summed E-state index contributed by atoms with van der Waals surface area (Å²) in [6, 6.07) is 16.6. The summed E-state index contributed by atoms with van der Waals surface area (Å²) < 4.78 is 5.24. The van der Waals surface area contributed by atoms with Crippen molar-refractivity contribution in [3.05, 3.63) is 59.7 Å². The normalized spacial score (nSPS) is 10.8.